The van der Waals surface area contributed by atoms with Crippen molar-refractivity contribution in [3.63, 3.8) is 0 Å². The largest absolute Gasteiger partial charge is 0.417 e. The molecule has 27 heavy (non-hydrogen) atoms. The molecule has 1 aliphatic rings. The molecule has 1 N–H and O–H groups in total. The van der Waals surface area contributed by atoms with Crippen LogP contribution in [0.5, 0.6) is 0 Å². The number of hydrogen-bond acceptors (Lipinski definition) is 3. The molecular formula is C18H17F3N4O2. The highest BCUT2D eigenvalue weighted by Crippen LogP contribution is 2.28. The Balaban J connectivity index is 1.56. The summed E-state index contributed by atoms with van der Waals surface area (Å²) in [5, 5.41) is 2.53. The molecule has 0 aliphatic carbocycles. The zero-order valence-corrected chi connectivity index (χ0v) is 14.2. The molecule has 1 saturated heterocycles. The van der Waals surface area contributed by atoms with Gasteiger partial charge in [0.15, 0.2) is 0 Å². The topological polar surface area (TPSA) is 65.5 Å². The number of nitrogens with zero attached hydrogens (tertiary/aromatic N) is 3. The second-order valence-electron chi connectivity index (χ2n) is 6.04. The molecule has 9 heteroatoms. The molecule has 142 valence electrons. The van der Waals surface area contributed by atoms with Gasteiger partial charge in [-0.15, -0.1) is 0 Å². The van der Waals surface area contributed by atoms with E-state index < -0.39 is 17.8 Å². The van der Waals surface area contributed by atoms with Crippen LogP contribution in [0.1, 0.15) is 11.1 Å². The maximum atomic E-state index is 12.7. The van der Waals surface area contributed by atoms with Crippen molar-refractivity contribution in [2.45, 2.75) is 12.7 Å². The van der Waals surface area contributed by atoms with E-state index in [1.54, 1.807) is 4.90 Å². The minimum absolute atomic E-state index is 0.0957. The fraction of sp³-hybridized carbons (Fsp3) is 0.278. The van der Waals surface area contributed by atoms with Crippen molar-refractivity contribution in [2.75, 3.05) is 24.5 Å². The average molecular weight is 378 g/mol. The Bertz CT molecular complexity index is 827. The van der Waals surface area contributed by atoms with Crippen LogP contribution in [0.25, 0.3) is 0 Å². The minimum atomic E-state index is -4.49. The predicted octanol–water partition coefficient (Wildman–Crippen LogP) is 2.66. The number of anilines is 1. The van der Waals surface area contributed by atoms with Gasteiger partial charge in [0, 0.05) is 37.7 Å². The van der Waals surface area contributed by atoms with Gasteiger partial charge in [-0.25, -0.2) is 4.79 Å². The molecule has 0 bridgehead atoms. The Kier molecular flexibility index (Phi) is 5.29. The van der Waals surface area contributed by atoms with Crippen molar-refractivity contribution in [3.05, 3.63) is 59.9 Å². The van der Waals surface area contributed by atoms with Gasteiger partial charge in [0.1, 0.15) is 6.54 Å². The van der Waals surface area contributed by atoms with Crippen LogP contribution in [-0.4, -0.2) is 41.5 Å². The van der Waals surface area contributed by atoms with Gasteiger partial charge >= 0.3 is 12.2 Å². The van der Waals surface area contributed by atoms with Gasteiger partial charge < -0.3 is 15.1 Å². The number of rotatable bonds is 3. The number of halogens is 3. The average Bonchev–Trinajstić information content (AvgIpc) is 2.66. The monoisotopic (exact) mass is 378 g/mol. The van der Waals surface area contributed by atoms with E-state index in [2.05, 4.69) is 10.3 Å². The fourth-order valence-corrected chi connectivity index (χ4v) is 2.76. The molecule has 1 fully saturated rings. The first-order valence-electron chi connectivity index (χ1n) is 8.24. The molecule has 0 atom stereocenters. The van der Waals surface area contributed by atoms with E-state index in [-0.39, 0.29) is 24.6 Å². The zero-order chi connectivity index (χ0) is 19.4. The van der Waals surface area contributed by atoms with Gasteiger partial charge in [0.2, 0.25) is 5.91 Å². The maximum Gasteiger partial charge on any atom is 0.417 e. The Labute approximate surface area is 153 Å². The van der Waals surface area contributed by atoms with Crippen molar-refractivity contribution in [3.8, 4) is 0 Å². The third kappa shape index (κ3) is 4.55. The highest BCUT2D eigenvalue weighted by atomic mass is 19.4. The molecule has 0 spiro atoms. The van der Waals surface area contributed by atoms with Crippen LogP contribution in [0, 0.1) is 0 Å². The summed E-state index contributed by atoms with van der Waals surface area (Å²) in [6.45, 7) is 0.471. The number of hydrogen-bond donors (Lipinski definition) is 1. The quantitative estimate of drug-likeness (QED) is 0.893. The van der Waals surface area contributed by atoms with Gasteiger partial charge in [-0.05, 0) is 23.8 Å². The van der Waals surface area contributed by atoms with Gasteiger partial charge in [0.25, 0.3) is 0 Å². The summed E-state index contributed by atoms with van der Waals surface area (Å²) in [7, 11) is 0. The lowest BCUT2D eigenvalue weighted by atomic mass is 10.2. The van der Waals surface area contributed by atoms with Crippen molar-refractivity contribution >= 4 is 17.6 Å². The molecule has 1 aromatic carbocycles. The predicted molar refractivity (Wildman–Crippen MR) is 91.8 cm³/mol. The van der Waals surface area contributed by atoms with Crippen LogP contribution in [-0.2, 0) is 17.5 Å². The molecule has 0 saturated carbocycles. The molecule has 2 aromatic rings. The molecule has 2 heterocycles. The van der Waals surface area contributed by atoms with E-state index in [9.17, 15) is 22.8 Å². The number of carbonyl (C=O) groups is 2. The molecule has 3 amide bonds. The second kappa shape index (κ2) is 7.65. The Morgan fingerprint density at radius 1 is 1.15 bits per heavy atom. The SMILES string of the molecule is O=C(NCc1cncc(C(F)(F)F)c1)N1CCN(c2ccccc2)C(=O)C1. The van der Waals surface area contributed by atoms with Gasteiger partial charge in [-0.3, -0.25) is 9.78 Å². The number of aromatic nitrogens is 1. The van der Waals surface area contributed by atoms with Crippen molar-refractivity contribution in [1.29, 1.82) is 0 Å². The number of alkyl halides is 3. The van der Waals surface area contributed by atoms with E-state index in [1.165, 1.54) is 11.1 Å². The van der Waals surface area contributed by atoms with E-state index in [4.69, 9.17) is 0 Å². The lowest BCUT2D eigenvalue weighted by molar-refractivity contribution is -0.137. The van der Waals surface area contributed by atoms with Crippen LogP contribution < -0.4 is 10.2 Å². The number of carbonyl (C=O) groups excluding carboxylic acids is 2. The van der Waals surface area contributed by atoms with Crippen LogP contribution >= 0.6 is 0 Å². The third-order valence-electron chi connectivity index (χ3n) is 4.14. The molecule has 6 nitrogen and oxygen atoms in total. The van der Waals surface area contributed by atoms with Crippen molar-refractivity contribution < 1.29 is 22.8 Å². The second-order valence-corrected chi connectivity index (χ2v) is 6.04. The number of para-hydroxylation sites is 1. The Morgan fingerprint density at radius 2 is 1.89 bits per heavy atom. The number of piperazine rings is 1. The van der Waals surface area contributed by atoms with Gasteiger partial charge in [-0.2, -0.15) is 13.2 Å². The van der Waals surface area contributed by atoms with Crippen LogP contribution in [0.2, 0.25) is 0 Å². The van der Waals surface area contributed by atoms with E-state index in [1.807, 2.05) is 30.3 Å². The van der Waals surface area contributed by atoms with Crippen molar-refractivity contribution in [1.82, 2.24) is 15.2 Å². The number of benzene rings is 1. The Hall–Kier alpha value is -3.10. The summed E-state index contributed by atoms with van der Waals surface area (Å²) in [4.78, 5) is 31.0. The summed E-state index contributed by atoms with van der Waals surface area (Å²) >= 11 is 0. The summed E-state index contributed by atoms with van der Waals surface area (Å²) in [5.74, 6) is -0.219. The highest BCUT2D eigenvalue weighted by molar-refractivity contribution is 5.97. The maximum absolute atomic E-state index is 12.7. The van der Waals surface area contributed by atoms with E-state index >= 15 is 0 Å². The first-order valence-corrected chi connectivity index (χ1v) is 8.24. The van der Waals surface area contributed by atoms with Gasteiger partial charge in [0.05, 0.1) is 5.56 Å². The van der Waals surface area contributed by atoms with E-state index in [0.29, 0.717) is 13.1 Å². The summed E-state index contributed by atoms with van der Waals surface area (Å²) in [5.41, 5.74) is 0.117. The normalized spacial score (nSPS) is 15.0. The number of amides is 3. The van der Waals surface area contributed by atoms with Gasteiger partial charge in [-0.1, -0.05) is 18.2 Å². The summed E-state index contributed by atoms with van der Waals surface area (Å²) in [6, 6.07) is 9.55. The number of nitrogens with one attached hydrogen (secondary N) is 1. The number of pyridine rings is 1. The van der Waals surface area contributed by atoms with E-state index in [0.717, 1.165) is 18.0 Å². The third-order valence-corrected chi connectivity index (χ3v) is 4.14. The smallest absolute Gasteiger partial charge is 0.334 e. The fourth-order valence-electron chi connectivity index (χ4n) is 2.76. The highest BCUT2D eigenvalue weighted by Gasteiger charge is 2.31. The lowest BCUT2D eigenvalue weighted by Gasteiger charge is -2.34. The molecule has 0 radical (unpaired) electrons. The first-order chi connectivity index (χ1) is 12.8. The molecule has 1 aliphatic heterocycles. The Morgan fingerprint density at radius 3 is 2.56 bits per heavy atom. The standard InChI is InChI=1S/C18H17F3N4O2/c19-18(20,21)14-8-13(9-22-11-14)10-23-17(27)24-6-7-25(16(26)12-24)15-4-2-1-3-5-15/h1-5,8-9,11H,6-7,10,12H2,(H,23,27). The zero-order valence-electron chi connectivity index (χ0n) is 14.2. The summed E-state index contributed by atoms with van der Waals surface area (Å²) < 4.78 is 38.1. The number of urea groups is 1. The molecule has 1 aromatic heterocycles. The van der Waals surface area contributed by atoms with Crippen molar-refractivity contribution in [2.24, 2.45) is 0 Å². The molecule has 3 rings (SSSR count). The lowest BCUT2D eigenvalue weighted by Crippen LogP contribution is -2.54. The van der Waals surface area contributed by atoms with Crippen LogP contribution in [0.3, 0.4) is 0 Å². The van der Waals surface area contributed by atoms with Crippen LogP contribution in [0.4, 0.5) is 23.7 Å². The molecule has 0 unspecified atom stereocenters. The minimum Gasteiger partial charge on any atom is -0.334 e. The molecular weight excluding hydrogens is 361 g/mol. The van der Waals surface area contributed by atoms with Crippen LogP contribution in [0.15, 0.2) is 48.8 Å². The summed E-state index contributed by atoms with van der Waals surface area (Å²) in [6.07, 6.45) is -2.51. The first kappa shape index (κ1) is 18.7.